The molecule has 1 atom stereocenters. The van der Waals surface area contributed by atoms with Crippen LogP contribution >= 0.6 is 0 Å². The summed E-state index contributed by atoms with van der Waals surface area (Å²) < 4.78 is 11.0. The third kappa shape index (κ3) is 9.77. The minimum atomic E-state index is -0.240. The van der Waals surface area contributed by atoms with Crippen LogP contribution in [0.25, 0.3) is 0 Å². The Morgan fingerprint density at radius 2 is 1.42 bits per heavy atom. The number of benzene rings is 2. The molecule has 0 aliphatic carbocycles. The largest absolute Gasteiger partial charge is 0.497 e. The van der Waals surface area contributed by atoms with Crippen molar-refractivity contribution in [3.63, 3.8) is 0 Å². The first-order chi connectivity index (χ1) is 15.1. The molecular formula is C26H38N2O3. The van der Waals surface area contributed by atoms with Crippen LogP contribution in [0.1, 0.15) is 76.8 Å². The number of urea groups is 1. The molecule has 2 rings (SSSR count). The molecule has 0 radical (unpaired) electrons. The monoisotopic (exact) mass is 426 g/mol. The second kappa shape index (κ2) is 14.3. The number of methoxy groups -OCH3 is 1. The highest BCUT2D eigenvalue weighted by Gasteiger charge is 2.10. The summed E-state index contributed by atoms with van der Waals surface area (Å²) in [5.41, 5.74) is 1.75. The van der Waals surface area contributed by atoms with Gasteiger partial charge in [-0.1, -0.05) is 64.0 Å². The summed E-state index contributed by atoms with van der Waals surface area (Å²) in [6, 6.07) is 14.8. The first-order valence-corrected chi connectivity index (χ1v) is 11.6. The Hall–Kier alpha value is -2.69. The summed E-state index contributed by atoms with van der Waals surface area (Å²) in [5, 5.41) is 5.81. The average molecular weight is 427 g/mol. The van der Waals surface area contributed by atoms with Crippen molar-refractivity contribution in [3.05, 3.63) is 54.1 Å². The van der Waals surface area contributed by atoms with Crippen molar-refractivity contribution in [1.82, 2.24) is 5.32 Å². The van der Waals surface area contributed by atoms with Crippen molar-refractivity contribution in [2.45, 2.75) is 71.3 Å². The maximum atomic E-state index is 12.3. The van der Waals surface area contributed by atoms with Gasteiger partial charge in [0.2, 0.25) is 0 Å². The summed E-state index contributed by atoms with van der Waals surface area (Å²) in [7, 11) is 1.64. The van der Waals surface area contributed by atoms with Crippen molar-refractivity contribution >= 4 is 11.7 Å². The fraction of sp³-hybridized carbons (Fsp3) is 0.500. The van der Waals surface area contributed by atoms with E-state index in [2.05, 4.69) is 17.6 Å². The van der Waals surface area contributed by atoms with Gasteiger partial charge < -0.3 is 20.1 Å². The quantitative estimate of drug-likeness (QED) is 0.317. The zero-order chi connectivity index (χ0) is 22.3. The maximum absolute atomic E-state index is 12.3. The van der Waals surface area contributed by atoms with E-state index >= 15 is 0 Å². The predicted molar refractivity (Wildman–Crippen MR) is 128 cm³/mol. The lowest BCUT2D eigenvalue weighted by Gasteiger charge is -2.15. The van der Waals surface area contributed by atoms with Gasteiger partial charge in [-0.3, -0.25) is 0 Å². The molecule has 0 aromatic heterocycles. The van der Waals surface area contributed by atoms with Crippen LogP contribution in [0, 0.1) is 0 Å². The van der Waals surface area contributed by atoms with Crippen molar-refractivity contribution in [1.29, 1.82) is 0 Å². The molecule has 0 heterocycles. The van der Waals surface area contributed by atoms with Gasteiger partial charge in [0.05, 0.1) is 19.8 Å². The smallest absolute Gasteiger partial charge is 0.319 e. The highest BCUT2D eigenvalue weighted by atomic mass is 16.5. The van der Waals surface area contributed by atoms with Crippen LogP contribution in [-0.4, -0.2) is 19.7 Å². The molecule has 0 saturated heterocycles. The highest BCUT2D eigenvalue weighted by Crippen LogP contribution is 2.19. The third-order valence-corrected chi connectivity index (χ3v) is 5.34. The SMILES string of the molecule is CCCCCCCCCCOc1ccc(NC(=O)N[C@H](C)c2ccc(OC)cc2)cc1. The molecule has 5 nitrogen and oxygen atoms in total. The number of anilines is 1. The Morgan fingerprint density at radius 1 is 0.839 bits per heavy atom. The van der Waals surface area contributed by atoms with E-state index in [0.29, 0.717) is 0 Å². The number of amides is 2. The molecule has 2 N–H and O–H groups in total. The Balaban J connectivity index is 1.64. The van der Waals surface area contributed by atoms with Gasteiger partial charge in [-0.05, 0) is 55.3 Å². The Bertz CT molecular complexity index is 744. The van der Waals surface area contributed by atoms with Crippen LogP contribution < -0.4 is 20.1 Å². The number of unbranched alkanes of at least 4 members (excludes halogenated alkanes) is 7. The molecule has 0 aliphatic heterocycles. The number of carbonyl (C=O) groups is 1. The molecule has 2 amide bonds. The molecule has 0 saturated carbocycles. The van der Waals surface area contributed by atoms with Crippen LogP contribution in [0.3, 0.4) is 0 Å². The normalized spacial score (nSPS) is 11.6. The van der Waals surface area contributed by atoms with E-state index in [-0.39, 0.29) is 12.1 Å². The minimum Gasteiger partial charge on any atom is -0.497 e. The Morgan fingerprint density at radius 3 is 2.03 bits per heavy atom. The maximum Gasteiger partial charge on any atom is 0.319 e. The fourth-order valence-electron chi connectivity index (χ4n) is 3.40. The zero-order valence-corrected chi connectivity index (χ0v) is 19.3. The molecule has 0 aliphatic rings. The van der Waals surface area contributed by atoms with Gasteiger partial charge in [0, 0.05) is 5.69 Å². The van der Waals surface area contributed by atoms with Crippen LogP contribution in [0.15, 0.2) is 48.5 Å². The van der Waals surface area contributed by atoms with E-state index in [1.807, 2.05) is 55.5 Å². The molecule has 2 aromatic carbocycles. The van der Waals surface area contributed by atoms with Crippen molar-refractivity contribution < 1.29 is 14.3 Å². The van der Waals surface area contributed by atoms with Crippen LogP contribution in [0.5, 0.6) is 11.5 Å². The lowest BCUT2D eigenvalue weighted by atomic mass is 10.1. The number of ether oxygens (including phenoxy) is 2. The van der Waals surface area contributed by atoms with E-state index < -0.39 is 0 Å². The first kappa shape index (κ1) is 24.6. The molecular weight excluding hydrogens is 388 g/mol. The molecule has 5 heteroatoms. The van der Waals surface area contributed by atoms with Crippen molar-refractivity contribution in [3.8, 4) is 11.5 Å². The van der Waals surface area contributed by atoms with Crippen LogP contribution in [-0.2, 0) is 0 Å². The van der Waals surface area contributed by atoms with Gasteiger partial charge in [0.25, 0.3) is 0 Å². The lowest BCUT2D eigenvalue weighted by Crippen LogP contribution is -2.31. The number of carbonyl (C=O) groups excluding carboxylic acids is 1. The van der Waals surface area contributed by atoms with Crippen molar-refractivity contribution in [2.24, 2.45) is 0 Å². The molecule has 0 bridgehead atoms. The summed E-state index contributed by atoms with van der Waals surface area (Å²) in [6.45, 7) is 4.93. The van der Waals surface area contributed by atoms with Crippen LogP contribution in [0.2, 0.25) is 0 Å². The summed E-state index contributed by atoms with van der Waals surface area (Å²) >= 11 is 0. The predicted octanol–water partition coefficient (Wildman–Crippen LogP) is 7.10. The number of hydrogen-bond donors (Lipinski definition) is 2. The third-order valence-electron chi connectivity index (χ3n) is 5.34. The van der Waals surface area contributed by atoms with Gasteiger partial charge in [0.15, 0.2) is 0 Å². The fourth-order valence-corrected chi connectivity index (χ4v) is 3.40. The van der Waals surface area contributed by atoms with Gasteiger partial charge in [-0.15, -0.1) is 0 Å². The van der Waals surface area contributed by atoms with E-state index in [4.69, 9.17) is 9.47 Å². The number of rotatable bonds is 14. The average Bonchev–Trinajstić information content (AvgIpc) is 2.79. The van der Waals surface area contributed by atoms with Gasteiger partial charge in [-0.2, -0.15) is 0 Å². The highest BCUT2D eigenvalue weighted by molar-refractivity contribution is 5.89. The van der Waals surface area contributed by atoms with Gasteiger partial charge in [-0.25, -0.2) is 4.79 Å². The molecule has 0 unspecified atom stereocenters. The van der Waals surface area contributed by atoms with E-state index in [1.165, 1.54) is 44.9 Å². The number of hydrogen-bond acceptors (Lipinski definition) is 3. The second-order valence-electron chi connectivity index (χ2n) is 7.94. The zero-order valence-electron chi connectivity index (χ0n) is 19.3. The van der Waals surface area contributed by atoms with Crippen molar-refractivity contribution in [2.75, 3.05) is 19.0 Å². The molecule has 170 valence electrons. The standard InChI is InChI=1S/C26H38N2O3/c1-4-5-6-7-8-9-10-11-20-31-25-18-14-23(15-19-25)28-26(29)27-21(2)22-12-16-24(30-3)17-13-22/h12-19,21H,4-11,20H2,1-3H3,(H2,27,28,29)/t21-/m1/s1. The molecule has 0 fully saturated rings. The van der Waals surface area contributed by atoms with E-state index in [9.17, 15) is 4.79 Å². The van der Waals surface area contributed by atoms with E-state index in [0.717, 1.165) is 35.8 Å². The van der Waals surface area contributed by atoms with Gasteiger partial charge in [0.1, 0.15) is 11.5 Å². The Kier molecular flexibility index (Phi) is 11.4. The summed E-state index contributed by atoms with van der Waals surface area (Å²) in [4.78, 5) is 12.3. The van der Waals surface area contributed by atoms with Gasteiger partial charge >= 0.3 is 6.03 Å². The molecule has 31 heavy (non-hydrogen) atoms. The number of nitrogens with one attached hydrogen (secondary N) is 2. The minimum absolute atomic E-state index is 0.111. The topological polar surface area (TPSA) is 59.6 Å². The van der Waals surface area contributed by atoms with E-state index in [1.54, 1.807) is 7.11 Å². The van der Waals surface area contributed by atoms with Crippen LogP contribution in [0.4, 0.5) is 10.5 Å². The second-order valence-corrected chi connectivity index (χ2v) is 7.94. The lowest BCUT2D eigenvalue weighted by molar-refractivity contribution is 0.249. The summed E-state index contributed by atoms with van der Waals surface area (Å²) in [6.07, 6.45) is 10.3. The Labute approximate surface area is 187 Å². The summed E-state index contributed by atoms with van der Waals surface area (Å²) in [5.74, 6) is 1.63. The molecule has 2 aromatic rings. The molecule has 0 spiro atoms. The first-order valence-electron chi connectivity index (χ1n) is 11.6.